The topological polar surface area (TPSA) is 89.6 Å². The molecule has 0 bridgehead atoms. The van der Waals surface area contributed by atoms with E-state index in [1.807, 2.05) is 37.3 Å². The lowest BCUT2D eigenvalue weighted by atomic mass is 10.2. The molecule has 2 aromatic carbocycles. The molecule has 2 N–H and O–H groups in total. The molecule has 0 saturated carbocycles. The molecule has 0 saturated heterocycles. The summed E-state index contributed by atoms with van der Waals surface area (Å²) in [5.74, 6) is 0.111. The summed E-state index contributed by atoms with van der Waals surface area (Å²) in [6, 6.07) is 14.4. The summed E-state index contributed by atoms with van der Waals surface area (Å²) in [6.45, 7) is 2.56. The minimum atomic E-state index is -0.466. The SMILES string of the molecule is CCCOc1ccc(C(=O)NNC(=O)c2cnc(-c3ccccc3)s2)cc1OC. The van der Waals surface area contributed by atoms with E-state index >= 15 is 0 Å². The summed E-state index contributed by atoms with van der Waals surface area (Å²) in [5.41, 5.74) is 6.07. The van der Waals surface area contributed by atoms with Crippen LogP contribution in [0.4, 0.5) is 0 Å². The van der Waals surface area contributed by atoms with Crippen molar-refractivity contribution in [2.45, 2.75) is 13.3 Å². The fourth-order valence-corrected chi connectivity index (χ4v) is 3.30. The van der Waals surface area contributed by atoms with Gasteiger partial charge < -0.3 is 9.47 Å². The maximum absolute atomic E-state index is 12.4. The number of hydrazine groups is 1. The highest BCUT2D eigenvalue weighted by Gasteiger charge is 2.15. The van der Waals surface area contributed by atoms with E-state index in [4.69, 9.17) is 9.47 Å². The van der Waals surface area contributed by atoms with Gasteiger partial charge in [-0.2, -0.15) is 0 Å². The summed E-state index contributed by atoms with van der Waals surface area (Å²) in [4.78, 5) is 29.3. The van der Waals surface area contributed by atoms with E-state index in [-0.39, 0.29) is 0 Å². The zero-order valence-electron chi connectivity index (χ0n) is 16.1. The first-order valence-corrected chi connectivity index (χ1v) is 9.86. The Morgan fingerprint density at radius 2 is 1.79 bits per heavy atom. The molecule has 1 aromatic heterocycles. The molecule has 3 aromatic rings. The van der Waals surface area contributed by atoms with Gasteiger partial charge in [-0.3, -0.25) is 20.4 Å². The number of amides is 2. The molecule has 0 fully saturated rings. The van der Waals surface area contributed by atoms with Gasteiger partial charge in [-0.15, -0.1) is 11.3 Å². The number of hydrogen-bond acceptors (Lipinski definition) is 6. The molecule has 1 heterocycles. The lowest BCUT2D eigenvalue weighted by molar-refractivity contribution is 0.0848. The van der Waals surface area contributed by atoms with Crippen molar-refractivity contribution in [3.05, 3.63) is 65.2 Å². The van der Waals surface area contributed by atoms with Crippen molar-refractivity contribution >= 4 is 23.2 Å². The molecule has 0 aliphatic carbocycles. The molecular weight excluding hydrogens is 390 g/mol. The normalized spacial score (nSPS) is 10.3. The zero-order chi connectivity index (χ0) is 20.6. The third-order valence-electron chi connectivity index (χ3n) is 3.93. The molecular formula is C21H21N3O4S. The van der Waals surface area contributed by atoms with Crippen LogP contribution in [0.5, 0.6) is 11.5 Å². The third-order valence-corrected chi connectivity index (χ3v) is 4.97. The molecule has 0 atom stereocenters. The van der Waals surface area contributed by atoms with Crippen LogP contribution in [0.15, 0.2) is 54.7 Å². The van der Waals surface area contributed by atoms with Crippen molar-refractivity contribution in [2.24, 2.45) is 0 Å². The van der Waals surface area contributed by atoms with Crippen LogP contribution in [0.25, 0.3) is 10.6 Å². The second-order valence-electron chi connectivity index (χ2n) is 6.02. The first-order chi connectivity index (χ1) is 14.1. The van der Waals surface area contributed by atoms with Crippen molar-refractivity contribution in [3.8, 4) is 22.1 Å². The molecule has 29 heavy (non-hydrogen) atoms. The molecule has 8 heteroatoms. The molecule has 2 amide bonds. The number of nitrogens with zero attached hydrogens (tertiary/aromatic N) is 1. The average molecular weight is 411 g/mol. The Bertz CT molecular complexity index is 989. The Hall–Kier alpha value is -3.39. The van der Waals surface area contributed by atoms with Gasteiger partial charge in [-0.25, -0.2) is 4.98 Å². The number of methoxy groups -OCH3 is 1. The van der Waals surface area contributed by atoms with E-state index in [2.05, 4.69) is 15.8 Å². The van der Waals surface area contributed by atoms with E-state index in [0.29, 0.717) is 28.5 Å². The van der Waals surface area contributed by atoms with E-state index in [1.54, 1.807) is 18.2 Å². The molecule has 0 unspecified atom stereocenters. The fourth-order valence-electron chi connectivity index (χ4n) is 2.48. The average Bonchev–Trinajstić information content (AvgIpc) is 3.26. The highest BCUT2D eigenvalue weighted by atomic mass is 32.1. The fraction of sp³-hybridized carbons (Fsp3) is 0.190. The summed E-state index contributed by atoms with van der Waals surface area (Å²) < 4.78 is 10.8. The standard InChI is InChI=1S/C21H21N3O4S/c1-3-11-28-16-10-9-15(12-17(16)27-2)19(25)23-24-20(26)18-13-22-21(29-18)14-7-5-4-6-8-14/h4-10,12-13H,3,11H2,1-2H3,(H,23,25)(H,24,26). The first-order valence-electron chi connectivity index (χ1n) is 9.05. The number of rotatable bonds is 7. The highest BCUT2D eigenvalue weighted by Crippen LogP contribution is 2.28. The predicted molar refractivity (Wildman–Crippen MR) is 111 cm³/mol. The van der Waals surface area contributed by atoms with Crippen molar-refractivity contribution in [2.75, 3.05) is 13.7 Å². The smallest absolute Gasteiger partial charge is 0.281 e. The van der Waals surface area contributed by atoms with Gasteiger partial charge in [0.2, 0.25) is 0 Å². The number of thiazole rings is 1. The van der Waals surface area contributed by atoms with Gasteiger partial charge in [0.1, 0.15) is 9.88 Å². The zero-order valence-corrected chi connectivity index (χ0v) is 16.9. The summed E-state index contributed by atoms with van der Waals surface area (Å²) in [6.07, 6.45) is 2.35. The van der Waals surface area contributed by atoms with E-state index in [0.717, 1.165) is 17.0 Å². The van der Waals surface area contributed by atoms with E-state index in [1.165, 1.54) is 24.6 Å². The lowest BCUT2D eigenvalue weighted by Gasteiger charge is -2.12. The number of hydrogen-bond donors (Lipinski definition) is 2. The number of nitrogens with one attached hydrogen (secondary N) is 2. The predicted octanol–water partition coefficient (Wildman–Crippen LogP) is 3.68. The molecule has 0 radical (unpaired) electrons. The second kappa shape index (κ2) is 9.70. The quantitative estimate of drug-likeness (QED) is 0.579. The van der Waals surface area contributed by atoms with Gasteiger partial charge in [-0.1, -0.05) is 37.3 Å². The number of aromatic nitrogens is 1. The van der Waals surface area contributed by atoms with Crippen LogP contribution in [0.3, 0.4) is 0 Å². The second-order valence-corrected chi connectivity index (χ2v) is 7.05. The number of ether oxygens (including phenoxy) is 2. The Labute approximate surface area is 172 Å². The maximum atomic E-state index is 12.4. The Morgan fingerprint density at radius 1 is 1.03 bits per heavy atom. The van der Waals surface area contributed by atoms with Crippen LogP contribution in [-0.4, -0.2) is 30.5 Å². The van der Waals surface area contributed by atoms with Gasteiger partial charge in [0.15, 0.2) is 11.5 Å². The maximum Gasteiger partial charge on any atom is 0.281 e. The molecule has 150 valence electrons. The number of carbonyl (C=O) groups is 2. The largest absolute Gasteiger partial charge is 0.493 e. The number of benzene rings is 2. The third kappa shape index (κ3) is 5.11. The monoisotopic (exact) mass is 411 g/mol. The summed E-state index contributed by atoms with van der Waals surface area (Å²) in [5, 5.41) is 0.731. The molecule has 0 aliphatic heterocycles. The number of carbonyl (C=O) groups excluding carboxylic acids is 2. The van der Waals surface area contributed by atoms with Gasteiger partial charge in [0.25, 0.3) is 11.8 Å². The lowest BCUT2D eigenvalue weighted by Crippen LogP contribution is -2.41. The van der Waals surface area contributed by atoms with Crippen LogP contribution >= 0.6 is 11.3 Å². The van der Waals surface area contributed by atoms with Gasteiger partial charge >= 0.3 is 0 Å². The van der Waals surface area contributed by atoms with Crippen LogP contribution < -0.4 is 20.3 Å². The van der Waals surface area contributed by atoms with Gasteiger partial charge in [-0.05, 0) is 24.6 Å². The first kappa shape index (κ1) is 20.3. The van der Waals surface area contributed by atoms with E-state index < -0.39 is 11.8 Å². The minimum Gasteiger partial charge on any atom is -0.493 e. The molecule has 7 nitrogen and oxygen atoms in total. The summed E-state index contributed by atoms with van der Waals surface area (Å²) >= 11 is 1.25. The Morgan fingerprint density at radius 3 is 2.52 bits per heavy atom. The minimum absolute atomic E-state index is 0.334. The molecule has 3 rings (SSSR count). The van der Waals surface area contributed by atoms with E-state index in [9.17, 15) is 9.59 Å². The Balaban J connectivity index is 1.62. The van der Waals surface area contributed by atoms with Gasteiger partial charge in [0, 0.05) is 11.1 Å². The highest BCUT2D eigenvalue weighted by molar-refractivity contribution is 7.16. The van der Waals surface area contributed by atoms with Crippen LogP contribution in [0.1, 0.15) is 33.4 Å². The van der Waals surface area contributed by atoms with Crippen molar-refractivity contribution in [1.29, 1.82) is 0 Å². The van der Waals surface area contributed by atoms with Crippen LogP contribution in [0.2, 0.25) is 0 Å². The van der Waals surface area contributed by atoms with Crippen LogP contribution in [-0.2, 0) is 0 Å². The molecule has 0 aliphatic rings. The van der Waals surface area contributed by atoms with Crippen molar-refractivity contribution < 1.29 is 19.1 Å². The van der Waals surface area contributed by atoms with Crippen molar-refractivity contribution in [3.63, 3.8) is 0 Å². The van der Waals surface area contributed by atoms with Crippen LogP contribution in [0, 0.1) is 0 Å². The summed E-state index contributed by atoms with van der Waals surface area (Å²) in [7, 11) is 1.51. The molecule has 0 spiro atoms. The Kier molecular flexibility index (Phi) is 6.80. The van der Waals surface area contributed by atoms with Crippen molar-refractivity contribution in [1.82, 2.24) is 15.8 Å². The van der Waals surface area contributed by atoms with Gasteiger partial charge in [0.05, 0.1) is 19.9 Å².